The van der Waals surface area contributed by atoms with Crippen molar-refractivity contribution in [1.29, 1.82) is 0 Å². The minimum absolute atomic E-state index is 0.00863. The SMILES string of the molecule is O=C(OCC(Cl)(Cl)Cl)Oc1cccc(F)c1. The molecule has 0 atom stereocenters. The van der Waals surface area contributed by atoms with E-state index in [0.29, 0.717) is 0 Å². The number of hydrogen-bond acceptors (Lipinski definition) is 3. The van der Waals surface area contributed by atoms with Crippen LogP contribution in [-0.2, 0) is 4.74 Å². The molecule has 1 aromatic rings. The lowest BCUT2D eigenvalue weighted by Gasteiger charge is -2.10. The number of halogens is 4. The minimum atomic E-state index is -1.71. The van der Waals surface area contributed by atoms with Gasteiger partial charge in [0.25, 0.3) is 0 Å². The van der Waals surface area contributed by atoms with Gasteiger partial charge in [0.1, 0.15) is 18.2 Å². The number of alkyl halides is 3. The Kier molecular flexibility index (Phi) is 4.65. The summed E-state index contributed by atoms with van der Waals surface area (Å²) in [5, 5.41) is 0. The first-order valence-corrected chi connectivity index (χ1v) is 5.17. The summed E-state index contributed by atoms with van der Waals surface area (Å²) in [6, 6.07) is 5.00. The van der Waals surface area contributed by atoms with Crippen LogP contribution in [0.4, 0.5) is 9.18 Å². The van der Waals surface area contributed by atoms with Crippen molar-refractivity contribution in [3.8, 4) is 5.75 Å². The maximum absolute atomic E-state index is 12.7. The lowest BCUT2D eigenvalue weighted by molar-refractivity contribution is 0.101. The van der Waals surface area contributed by atoms with Crippen molar-refractivity contribution in [2.24, 2.45) is 0 Å². The van der Waals surface area contributed by atoms with Crippen LogP contribution in [0.2, 0.25) is 0 Å². The van der Waals surface area contributed by atoms with E-state index >= 15 is 0 Å². The van der Waals surface area contributed by atoms with Crippen LogP contribution in [0.1, 0.15) is 0 Å². The van der Waals surface area contributed by atoms with Gasteiger partial charge >= 0.3 is 6.16 Å². The first-order valence-electron chi connectivity index (χ1n) is 4.04. The molecule has 0 unspecified atom stereocenters. The van der Waals surface area contributed by atoms with E-state index in [4.69, 9.17) is 34.8 Å². The molecule has 0 bridgehead atoms. The summed E-state index contributed by atoms with van der Waals surface area (Å²) in [6.45, 7) is -0.453. The van der Waals surface area contributed by atoms with Crippen molar-refractivity contribution in [3.05, 3.63) is 30.1 Å². The van der Waals surface area contributed by atoms with E-state index in [0.717, 1.165) is 6.07 Å². The second kappa shape index (κ2) is 5.57. The first kappa shape index (κ1) is 13.4. The smallest absolute Gasteiger partial charge is 0.429 e. The van der Waals surface area contributed by atoms with Crippen LogP contribution in [0.3, 0.4) is 0 Å². The second-order valence-corrected chi connectivity index (χ2v) is 5.23. The molecular weight excluding hydrogens is 281 g/mol. The second-order valence-electron chi connectivity index (χ2n) is 2.71. The molecule has 0 aliphatic rings. The molecule has 0 radical (unpaired) electrons. The average molecular weight is 288 g/mol. The van der Waals surface area contributed by atoms with Crippen molar-refractivity contribution in [1.82, 2.24) is 0 Å². The fraction of sp³-hybridized carbons (Fsp3) is 0.222. The monoisotopic (exact) mass is 286 g/mol. The summed E-state index contributed by atoms with van der Waals surface area (Å²) in [5.41, 5.74) is 0. The highest BCUT2D eigenvalue weighted by Crippen LogP contribution is 2.26. The summed E-state index contributed by atoms with van der Waals surface area (Å²) in [7, 11) is 0. The highest BCUT2D eigenvalue weighted by Gasteiger charge is 2.22. The third-order valence-corrected chi connectivity index (χ3v) is 1.68. The molecule has 1 aromatic carbocycles. The van der Waals surface area contributed by atoms with Gasteiger partial charge in [-0.3, -0.25) is 0 Å². The van der Waals surface area contributed by atoms with Crippen LogP contribution in [-0.4, -0.2) is 16.6 Å². The summed E-state index contributed by atoms with van der Waals surface area (Å²) in [4.78, 5) is 11.0. The molecule has 16 heavy (non-hydrogen) atoms. The van der Waals surface area contributed by atoms with Gasteiger partial charge in [-0.15, -0.1) is 0 Å². The predicted octanol–water partition coefficient (Wildman–Crippen LogP) is 3.71. The highest BCUT2D eigenvalue weighted by molar-refractivity contribution is 6.67. The topological polar surface area (TPSA) is 35.5 Å². The Morgan fingerprint density at radius 2 is 2.06 bits per heavy atom. The lowest BCUT2D eigenvalue weighted by Crippen LogP contribution is -2.19. The molecular formula is C9H6Cl3FO3. The largest absolute Gasteiger partial charge is 0.513 e. The molecule has 0 fully saturated rings. The van der Waals surface area contributed by atoms with Crippen molar-refractivity contribution in [3.63, 3.8) is 0 Å². The van der Waals surface area contributed by atoms with Crippen LogP contribution < -0.4 is 4.74 Å². The first-order chi connectivity index (χ1) is 7.37. The molecule has 0 N–H and O–H groups in total. The van der Waals surface area contributed by atoms with Crippen LogP contribution in [0.5, 0.6) is 5.75 Å². The van der Waals surface area contributed by atoms with E-state index < -0.39 is 22.4 Å². The summed E-state index contributed by atoms with van der Waals surface area (Å²) in [6.07, 6.45) is -1.07. The summed E-state index contributed by atoms with van der Waals surface area (Å²) >= 11 is 16.0. The van der Waals surface area contributed by atoms with Crippen molar-refractivity contribution in [2.45, 2.75) is 3.79 Å². The van der Waals surface area contributed by atoms with Crippen LogP contribution in [0, 0.1) is 5.82 Å². The van der Waals surface area contributed by atoms with Gasteiger partial charge in [0.15, 0.2) is 0 Å². The lowest BCUT2D eigenvalue weighted by atomic mass is 10.3. The molecule has 0 aliphatic heterocycles. The molecule has 7 heteroatoms. The van der Waals surface area contributed by atoms with E-state index in [1.165, 1.54) is 18.2 Å². The van der Waals surface area contributed by atoms with E-state index in [1.54, 1.807) is 0 Å². The summed E-state index contributed by atoms with van der Waals surface area (Å²) < 4.78 is 20.1. The quantitative estimate of drug-likeness (QED) is 0.472. The van der Waals surface area contributed by atoms with Crippen LogP contribution in [0.25, 0.3) is 0 Å². The van der Waals surface area contributed by atoms with E-state index in [1.807, 2.05) is 0 Å². The van der Waals surface area contributed by atoms with Crippen molar-refractivity contribution in [2.75, 3.05) is 6.61 Å². The van der Waals surface area contributed by atoms with Gasteiger partial charge in [0.05, 0.1) is 0 Å². The van der Waals surface area contributed by atoms with Crippen LogP contribution in [0.15, 0.2) is 24.3 Å². The molecule has 0 aliphatic carbocycles. The van der Waals surface area contributed by atoms with E-state index in [-0.39, 0.29) is 5.75 Å². The Labute approximate surface area is 106 Å². The maximum Gasteiger partial charge on any atom is 0.513 e. The molecule has 0 amide bonds. The minimum Gasteiger partial charge on any atom is -0.429 e. The van der Waals surface area contributed by atoms with Crippen molar-refractivity contribution >= 4 is 41.0 Å². The molecule has 0 heterocycles. The normalized spacial score (nSPS) is 11.0. The Balaban J connectivity index is 2.46. The molecule has 0 spiro atoms. The zero-order valence-electron chi connectivity index (χ0n) is 7.75. The molecule has 0 saturated heterocycles. The Morgan fingerprint density at radius 1 is 1.38 bits per heavy atom. The van der Waals surface area contributed by atoms with Gasteiger partial charge in [-0.25, -0.2) is 9.18 Å². The Bertz CT molecular complexity index is 379. The fourth-order valence-electron chi connectivity index (χ4n) is 0.797. The predicted molar refractivity (Wildman–Crippen MR) is 58.7 cm³/mol. The van der Waals surface area contributed by atoms with Crippen LogP contribution >= 0.6 is 34.8 Å². The molecule has 0 aromatic heterocycles. The number of carbonyl (C=O) groups excluding carboxylic acids is 1. The standard InChI is InChI=1S/C9H6Cl3FO3/c10-9(11,12)5-15-8(14)16-7-3-1-2-6(13)4-7/h1-4H,5H2. The number of carbonyl (C=O) groups is 1. The van der Waals surface area contributed by atoms with Gasteiger partial charge in [-0.2, -0.15) is 0 Å². The average Bonchev–Trinajstić information content (AvgIpc) is 2.14. The fourth-order valence-corrected chi connectivity index (χ4v) is 0.961. The molecule has 0 saturated carbocycles. The third kappa shape index (κ3) is 5.39. The summed E-state index contributed by atoms with van der Waals surface area (Å²) in [5.74, 6) is -0.527. The molecule has 3 nitrogen and oxygen atoms in total. The van der Waals surface area contributed by atoms with E-state index in [2.05, 4.69) is 9.47 Å². The van der Waals surface area contributed by atoms with E-state index in [9.17, 15) is 9.18 Å². The van der Waals surface area contributed by atoms with Gasteiger partial charge < -0.3 is 9.47 Å². The zero-order valence-corrected chi connectivity index (χ0v) is 10.0. The van der Waals surface area contributed by atoms with Crippen molar-refractivity contribution < 1.29 is 18.7 Å². The van der Waals surface area contributed by atoms with Gasteiger partial charge in [-0.05, 0) is 12.1 Å². The zero-order chi connectivity index (χ0) is 12.2. The number of rotatable bonds is 2. The Hall–Kier alpha value is -0.710. The van der Waals surface area contributed by atoms with Gasteiger partial charge in [-0.1, -0.05) is 40.9 Å². The molecule has 1 rings (SSSR count). The van der Waals surface area contributed by atoms with Gasteiger partial charge in [0.2, 0.25) is 3.79 Å². The Morgan fingerprint density at radius 3 is 2.62 bits per heavy atom. The number of ether oxygens (including phenoxy) is 2. The third-order valence-electron chi connectivity index (χ3n) is 1.35. The molecule has 88 valence electrons. The number of hydrogen-bond donors (Lipinski definition) is 0. The maximum atomic E-state index is 12.7. The highest BCUT2D eigenvalue weighted by atomic mass is 35.6. The van der Waals surface area contributed by atoms with Gasteiger partial charge in [0, 0.05) is 6.07 Å². The number of benzene rings is 1.